The van der Waals surface area contributed by atoms with Crippen LogP contribution in [0.2, 0.25) is 0 Å². The molecule has 1 aliphatic heterocycles. The van der Waals surface area contributed by atoms with E-state index in [0.717, 1.165) is 31.3 Å². The van der Waals surface area contributed by atoms with Crippen LogP contribution >= 0.6 is 11.3 Å². The predicted octanol–water partition coefficient (Wildman–Crippen LogP) is 2.15. The van der Waals surface area contributed by atoms with Crippen LogP contribution < -0.4 is 5.32 Å². The first-order valence-electron chi connectivity index (χ1n) is 4.98. The Balaban J connectivity index is 1.85. The lowest BCUT2D eigenvalue weighted by molar-refractivity contribution is -0.0924. The largest absolute Gasteiger partial charge is 0.380 e. The molecule has 14 heavy (non-hydrogen) atoms. The number of thiazole rings is 1. The number of nitrogens with one attached hydrogen (secondary N) is 1. The van der Waals surface area contributed by atoms with Crippen LogP contribution in [0.4, 0.5) is 5.13 Å². The molecule has 1 aliphatic rings. The van der Waals surface area contributed by atoms with Crippen LogP contribution in [0.25, 0.3) is 0 Å². The number of nitrogens with zero attached hydrogens (tertiary/aromatic N) is 1. The molecule has 0 atom stereocenters. The van der Waals surface area contributed by atoms with Crippen molar-refractivity contribution in [3.63, 3.8) is 0 Å². The first-order valence-corrected chi connectivity index (χ1v) is 5.86. The van der Waals surface area contributed by atoms with Gasteiger partial charge < -0.3 is 10.1 Å². The molecule has 0 aliphatic carbocycles. The van der Waals surface area contributed by atoms with Crippen LogP contribution in [0, 0.1) is 5.41 Å². The number of aromatic nitrogens is 1. The van der Waals surface area contributed by atoms with Crippen molar-refractivity contribution in [2.24, 2.45) is 5.41 Å². The first kappa shape index (κ1) is 9.93. The second-order valence-electron chi connectivity index (χ2n) is 4.15. The van der Waals surface area contributed by atoms with Crippen LogP contribution in [-0.2, 0) is 11.2 Å². The third-order valence-electron chi connectivity index (χ3n) is 2.48. The van der Waals surface area contributed by atoms with E-state index in [-0.39, 0.29) is 0 Å². The van der Waals surface area contributed by atoms with Gasteiger partial charge in [0.25, 0.3) is 0 Å². The van der Waals surface area contributed by atoms with E-state index in [9.17, 15) is 0 Å². The van der Waals surface area contributed by atoms with E-state index in [2.05, 4.69) is 29.5 Å². The SMILES string of the molecule is CCc1csc(NCC2(C)COC2)n1. The van der Waals surface area contributed by atoms with Gasteiger partial charge in [0.2, 0.25) is 0 Å². The van der Waals surface area contributed by atoms with E-state index >= 15 is 0 Å². The molecule has 0 bridgehead atoms. The fourth-order valence-corrected chi connectivity index (χ4v) is 2.18. The second-order valence-corrected chi connectivity index (χ2v) is 5.01. The standard InChI is InChI=1S/C10H16N2OS/c1-3-8-4-14-9(12-8)11-5-10(2)6-13-7-10/h4H,3,5-7H2,1-2H3,(H,11,12). The number of ether oxygens (including phenoxy) is 1. The van der Waals surface area contributed by atoms with Gasteiger partial charge in [-0.2, -0.15) is 0 Å². The minimum Gasteiger partial charge on any atom is -0.380 e. The smallest absolute Gasteiger partial charge is 0.182 e. The first-order chi connectivity index (χ1) is 6.72. The zero-order chi connectivity index (χ0) is 10.0. The van der Waals surface area contributed by atoms with Crippen molar-refractivity contribution in [3.05, 3.63) is 11.1 Å². The van der Waals surface area contributed by atoms with Gasteiger partial charge in [-0.15, -0.1) is 11.3 Å². The van der Waals surface area contributed by atoms with Crippen molar-refractivity contribution < 1.29 is 4.74 Å². The number of rotatable bonds is 4. The summed E-state index contributed by atoms with van der Waals surface area (Å²) in [6.07, 6.45) is 1.01. The highest BCUT2D eigenvalue weighted by molar-refractivity contribution is 7.13. The van der Waals surface area contributed by atoms with Gasteiger partial charge >= 0.3 is 0 Å². The summed E-state index contributed by atoms with van der Waals surface area (Å²) in [4.78, 5) is 4.46. The van der Waals surface area contributed by atoms with Gasteiger partial charge in [-0.1, -0.05) is 13.8 Å². The van der Waals surface area contributed by atoms with Gasteiger partial charge in [-0.05, 0) is 6.42 Å². The summed E-state index contributed by atoms with van der Waals surface area (Å²) in [6, 6.07) is 0. The maximum absolute atomic E-state index is 5.20. The molecule has 2 rings (SSSR count). The molecule has 0 saturated carbocycles. The van der Waals surface area contributed by atoms with E-state index < -0.39 is 0 Å². The molecule has 0 radical (unpaired) electrons. The third-order valence-corrected chi connectivity index (χ3v) is 3.33. The average Bonchev–Trinajstić information content (AvgIpc) is 2.59. The maximum atomic E-state index is 5.20. The highest BCUT2D eigenvalue weighted by Crippen LogP contribution is 2.27. The van der Waals surface area contributed by atoms with E-state index in [1.54, 1.807) is 11.3 Å². The molecule has 0 aromatic carbocycles. The average molecular weight is 212 g/mol. The molecule has 2 heterocycles. The Bertz CT molecular complexity index is 307. The van der Waals surface area contributed by atoms with Crippen molar-refractivity contribution in [1.82, 2.24) is 4.98 Å². The van der Waals surface area contributed by atoms with Gasteiger partial charge in [-0.3, -0.25) is 0 Å². The number of hydrogen-bond acceptors (Lipinski definition) is 4. The lowest BCUT2D eigenvalue weighted by Crippen LogP contribution is -2.45. The Kier molecular flexibility index (Phi) is 2.74. The van der Waals surface area contributed by atoms with Crippen LogP contribution in [-0.4, -0.2) is 24.7 Å². The summed E-state index contributed by atoms with van der Waals surface area (Å²) in [5.74, 6) is 0. The minimum absolute atomic E-state index is 0.318. The third kappa shape index (κ3) is 2.07. The summed E-state index contributed by atoms with van der Waals surface area (Å²) in [6.45, 7) is 7.06. The topological polar surface area (TPSA) is 34.1 Å². The van der Waals surface area contributed by atoms with Crippen molar-refractivity contribution in [1.29, 1.82) is 0 Å². The van der Waals surface area contributed by atoms with Crippen LogP contribution in [0.3, 0.4) is 0 Å². The van der Waals surface area contributed by atoms with E-state index in [1.165, 1.54) is 5.69 Å². The summed E-state index contributed by atoms with van der Waals surface area (Å²) < 4.78 is 5.20. The fourth-order valence-electron chi connectivity index (χ4n) is 1.39. The molecule has 78 valence electrons. The molecular weight excluding hydrogens is 196 g/mol. The van der Waals surface area contributed by atoms with Crippen LogP contribution in [0.15, 0.2) is 5.38 Å². The molecule has 1 fully saturated rings. The molecule has 1 aromatic heterocycles. The minimum atomic E-state index is 0.318. The number of hydrogen-bond donors (Lipinski definition) is 1. The Morgan fingerprint density at radius 3 is 2.93 bits per heavy atom. The molecule has 4 heteroatoms. The fraction of sp³-hybridized carbons (Fsp3) is 0.700. The Hall–Kier alpha value is -0.610. The van der Waals surface area contributed by atoms with Gasteiger partial charge in [-0.25, -0.2) is 4.98 Å². The monoisotopic (exact) mass is 212 g/mol. The highest BCUT2D eigenvalue weighted by Gasteiger charge is 2.33. The Labute approximate surface area is 88.5 Å². The van der Waals surface area contributed by atoms with Gasteiger partial charge in [0.1, 0.15) is 0 Å². The zero-order valence-electron chi connectivity index (χ0n) is 8.67. The molecule has 0 unspecified atom stereocenters. The normalized spacial score (nSPS) is 19.0. The molecule has 0 spiro atoms. The molecule has 1 saturated heterocycles. The lowest BCUT2D eigenvalue weighted by atomic mass is 9.89. The van der Waals surface area contributed by atoms with Crippen molar-refractivity contribution in [2.45, 2.75) is 20.3 Å². The van der Waals surface area contributed by atoms with Gasteiger partial charge in [0.05, 0.1) is 18.9 Å². The van der Waals surface area contributed by atoms with Gasteiger partial charge in [0.15, 0.2) is 5.13 Å². The molecule has 1 N–H and O–H groups in total. The van der Waals surface area contributed by atoms with Crippen molar-refractivity contribution >= 4 is 16.5 Å². The van der Waals surface area contributed by atoms with Gasteiger partial charge in [0, 0.05) is 17.3 Å². The quantitative estimate of drug-likeness (QED) is 0.830. The summed E-state index contributed by atoms with van der Waals surface area (Å²) in [7, 11) is 0. The molecular formula is C10H16N2OS. The zero-order valence-corrected chi connectivity index (χ0v) is 9.49. The second kappa shape index (κ2) is 3.87. The maximum Gasteiger partial charge on any atom is 0.182 e. The van der Waals surface area contributed by atoms with E-state index in [1.807, 2.05) is 0 Å². The van der Waals surface area contributed by atoms with Crippen LogP contribution in [0.5, 0.6) is 0 Å². The summed E-state index contributed by atoms with van der Waals surface area (Å²) in [5, 5.41) is 6.52. The number of anilines is 1. The van der Waals surface area contributed by atoms with Crippen LogP contribution in [0.1, 0.15) is 19.5 Å². The van der Waals surface area contributed by atoms with Crippen molar-refractivity contribution in [3.8, 4) is 0 Å². The Morgan fingerprint density at radius 2 is 2.43 bits per heavy atom. The molecule has 1 aromatic rings. The molecule has 0 amide bonds. The summed E-state index contributed by atoms with van der Waals surface area (Å²) >= 11 is 1.69. The molecule has 3 nitrogen and oxygen atoms in total. The number of aryl methyl sites for hydroxylation is 1. The Morgan fingerprint density at radius 1 is 1.64 bits per heavy atom. The lowest BCUT2D eigenvalue weighted by Gasteiger charge is -2.37. The predicted molar refractivity (Wildman–Crippen MR) is 58.9 cm³/mol. The van der Waals surface area contributed by atoms with E-state index in [0.29, 0.717) is 5.41 Å². The summed E-state index contributed by atoms with van der Waals surface area (Å²) in [5.41, 5.74) is 1.49. The highest BCUT2D eigenvalue weighted by atomic mass is 32.1. The van der Waals surface area contributed by atoms with E-state index in [4.69, 9.17) is 4.74 Å². The van der Waals surface area contributed by atoms with Crippen molar-refractivity contribution in [2.75, 3.05) is 25.1 Å².